The van der Waals surface area contributed by atoms with Gasteiger partial charge in [-0.05, 0) is 36.1 Å². The number of hydrogen-bond donors (Lipinski definition) is 2. The van der Waals surface area contributed by atoms with Gasteiger partial charge < -0.3 is 0 Å². The number of aryl methyl sites for hydroxylation is 1. The van der Waals surface area contributed by atoms with Crippen molar-refractivity contribution < 1.29 is 13.2 Å². The molecule has 3 heterocycles. The van der Waals surface area contributed by atoms with Crippen LogP contribution in [0.1, 0.15) is 16.8 Å². The second-order valence-electron chi connectivity index (χ2n) is 5.86. The maximum atomic E-state index is 13.2. The molecule has 3 aromatic heterocycles. The molecule has 5 rings (SSSR count). The van der Waals surface area contributed by atoms with Crippen molar-refractivity contribution in [2.45, 2.75) is 19.0 Å². The summed E-state index contributed by atoms with van der Waals surface area (Å²) in [4.78, 5) is 4.53. The molecule has 24 heavy (non-hydrogen) atoms. The van der Waals surface area contributed by atoms with E-state index >= 15 is 0 Å². The zero-order valence-corrected chi connectivity index (χ0v) is 12.2. The first-order valence-electron chi connectivity index (χ1n) is 7.42. The van der Waals surface area contributed by atoms with E-state index in [1.54, 1.807) is 6.20 Å². The molecule has 8 heteroatoms. The Bertz CT molecular complexity index is 1110. The summed E-state index contributed by atoms with van der Waals surface area (Å²) in [6, 6.07) is 3.65. The summed E-state index contributed by atoms with van der Waals surface area (Å²) >= 11 is 0. The molecule has 0 spiro atoms. The van der Waals surface area contributed by atoms with Gasteiger partial charge in [0.15, 0.2) is 0 Å². The summed E-state index contributed by atoms with van der Waals surface area (Å²) in [6.07, 6.45) is -0.0225. The Hall–Kier alpha value is -2.90. The molecule has 0 amide bonds. The zero-order valence-electron chi connectivity index (χ0n) is 12.2. The van der Waals surface area contributed by atoms with Crippen molar-refractivity contribution >= 4 is 21.8 Å². The molecule has 0 saturated carbocycles. The highest BCUT2D eigenvalue weighted by Gasteiger charge is 2.38. The van der Waals surface area contributed by atoms with Crippen LogP contribution in [-0.2, 0) is 19.0 Å². The molecule has 0 atom stereocenters. The Morgan fingerprint density at radius 3 is 2.50 bits per heavy atom. The van der Waals surface area contributed by atoms with Gasteiger partial charge in [0.1, 0.15) is 5.69 Å². The number of halogens is 3. The third-order valence-corrected chi connectivity index (χ3v) is 4.59. The normalized spacial score (nSPS) is 14.1. The van der Waals surface area contributed by atoms with Crippen LogP contribution in [-0.4, -0.2) is 25.4 Å². The topological polar surface area (TPSA) is 70.2 Å². The fraction of sp³-hybridized carbons (Fsp3) is 0.188. The van der Waals surface area contributed by atoms with Gasteiger partial charge in [-0.1, -0.05) is 0 Å². The van der Waals surface area contributed by atoms with Crippen molar-refractivity contribution in [2.24, 2.45) is 0 Å². The van der Waals surface area contributed by atoms with Crippen LogP contribution >= 0.6 is 0 Å². The first-order valence-corrected chi connectivity index (χ1v) is 7.42. The lowest BCUT2D eigenvalue weighted by molar-refractivity contribution is -0.140. The zero-order chi connectivity index (χ0) is 16.5. The number of alkyl halides is 3. The average Bonchev–Trinajstić information content (AvgIpc) is 3.14. The molecule has 5 nitrogen and oxygen atoms in total. The number of aromatic amines is 2. The minimum Gasteiger partial charge on any atom is -0.278 e. The summed E-state index contributed by atoms with van der Waals surface area (Å²) in [7, 11) is 0. The second kappa shape index (κ2) is 4.34. The molecule has 0 unspecified atom stereocenters. The minimum absolute atomic E-state index is 0.00707. The van der Waals surface area contributed by atoms with Gasteiger partial charge in [-0.2, -0.15) is 23.4 Å². The van der Waals surface area contributed by atoms with Crippen molar-refractivity contribution in [3.8, 4) is 11.3 Å². The van der Waals surface area contributed by atoms with Gasteiger partial charge in [0.25, 0.3) is 0 Å². The third kappa shape index (κ3) is 1.68. The second-order valence-corrected chi connectivity index (χ2v) is 5.86. The molecule has 0 aliphatic heterocycles. The molecule has 1 aromatic carbocycles. The highest BCUT2D eigenvalue weighted by atomic mass is 19.4. The summed E-state index contributed by atoms with van der Waals surface area (Å²) < 4.78 is 39.6. The Morgan fingerprint density at radius 1 is 0.958 bits per heavy atom. The smallest absolute Gasteiger partial charge is 0.278 e. The van der Waals surface area contributed by atoms with Crippen molar-refractivity contribution in [3.05, 3.63) is 41.3 Å². The van der Waals surface area contributed by atoms with Gasteiger partial charge in [-0.3, -0.25) is 10.2 Å². The molecule has 120 valence electrons. The maximum absolute atomic E-state index is 13.2. The van der Waals surface area contributed by atoms with Crippen LogP contribution in [0.4, 0.5) is 13.2 Å². The van der Waals surface area contributed by atoms with Gasteiger partial charge >= 0.3 is 6.18 Å². The van der Waals surface area contributed by atoms with Crippen molar-refractivity contribution in [1.29, 1.82) is 0 Å². The van der Waals surface area contributed by atoms with E-state index in [-0.39, 0.29) is 5.56 Å². The van der Waals surface area contributed by atoms with Crippen LogP contribution in [0.3, 0.4) is 0 Å². The van der Waals surface area contributed by atoms with Crippen LogP contribution in [0.15, 0.2) is 24.5 Å². The van der Waals surface area contributed by atoms with Crippen LogP contribution in [0.25, 0.3) is 33.1 Å². The van der Waals surface area contributed by atoms with E-state index in [9.17, 15) is 13.2 Å². The molecule has 4 aromatic rings. The van der Waals surface area contributed by atoms with Crippen molar-refractivity contribution in [3.63, 3.8) is 0 Å². The largest absolute Gasteiger partial charge is 0.433 e. The van der Waals surface area contributed by atoms with E-state index in [2.05, 4.69) is 25.4 Å². The van der Waals surface area contributed by atoms with Crippen LogP contribution in [0.5, 0.6) is 0 Å². The number of pyridine rings is 1. The third-order valence-electron chi connectivity index (χ3n) is 4.59. The van der Waals surface area contributed by atoms with E-state index in [1.807, 2.05) is 12.1 Å². The molecule has 0 bridgehead atoms. The Morgan fingerprint density at radius 2 is 1.75 bits per heavy atom. The number of nitrogens with one attached hydrogen (secondary N) is 2. The number of hydrogen-bond acceptors (Lipinski definition) is 3. The van der Waals surface area contributed by atoms with Gasteiger partial charge in [0.05, 0.1) is 34.7 Å². The standard InChI is InChI=1S/C16H10F3N5/c17-16(18,19)15-10(6-21-24-15)14-8-2-1-7(8)13-9-5-20-23-11(9)3-4-12(13)22-14/h3-6H,1-2H2,(H,20,23)(H,21,24). The predicted octanol–water partition coefficient (Wildman–Crippen LogP) is 3.62. The number of benzene rings is 1. The van der Waals surface area contributed by atoms with Gasteiger partial charge in [0.2, 0.25) is 0 Å². The summed E-state index contributed by atoms with van der Waals surface area (Å²) in [5, 5.41) is 14.5. The Kier molecular flexibility index (Phi) is 2.45. The maximum Gasteiger partial charge on any atom is 0.433 e. The number of nitrogens with zero attached hydrogens (tertiary/aromatic N) is 3. The summed E-state index contributed by atoms with van der Waals surface area (Å²) in [5.41, 5.74) is 3.00. The van der Waals surface area contributed by atoms with E-state index in [1.165, 1.54) is 6.20 Å². The van der Waals surface area contributed by atoms with Gasteiger partial charge in [-0.25, -0.2) is 4.98 Å². The first-order chi connectivity index (χ1) is 11.5. The first kappa shape index (κ1) is 13.5. The van der Waals surface area contributed by atoms with E-state index in [0.29, 0.717) is 17.6 Å². The monoisotopic (exact) mass is 329 g/mol. The van der Waals surface area contributed by atoms with E-state index < -0.39 is 11.9 Å². The van der Waals surface area contributed by atoms with Crippen LogP contribution in [0, 0.1) is 0 Å². The molecule has 0 fully saturated rings. The van der Waals surface area contributed by atoms with E-state index in [4.69, 9.17) is 0 Å². The molecule has 1 aliphatic rings. The lowest BCUT2D eigenvalue weighted by Crippen LogP contribution is -2.15. The fourth-order valence-electron chi connectivity index (χ4n) is 3.42. The molecule has 0 radical (unpaired) electrons. The summed E-state index contributed by atoms with van der Waals surface area (Å²) in [6.45, 7) is 0. The Balaban J connectivity index is 1.85. The van der Waals surface area contributed by atoms with E-state index in [0.717, 1.165) is 33.8 Å². The lowest BCUT2D eigenvalue weighted by atomic mass is 9.82. The van der Waals surface area contributed by atoms with Crippen molar-refractivity contribution in [2.75, 3.05) is 0 Å². The highest BCUT2D eigenvalue weighted by molar-refractivity contribution is 6.08. The number of rotatable bonds is 1. The predicted molar refractivity (Wildman–Crippen MR) is 81.4 cm³/mol. The van der Waals surface area contributed by atoms with Crippen molar-refractivity contribution in [1.82, 2.24) is 25.4 Å². The Labute approximate surface area is 132 Å². The van der Waals surface area contributed by atoms with Crippen LogP contribution < -0.4 is 0 Å². The van der Waals surface area contributed by atoms with Crippen LogP contribution in [0.2, 0.25) is 0 Å². The number of aromatic nitrogens is 5. The number of H-pyrrole nitrogens is 2. The molecule has 2 N–H and O–H groups in total. The quantitative estimate of drug-likeness (QED) is 0.560. The number of fused-ring (bicyclic) bond motifs is 5. The fourth-order valence-corrected chi connectivity index (χ4v) is 3.42. The SMILES string of the molecule is FC(F)(F)c1[nH]ncc1-c1nc2ccc3[nH]ncc3c2c2c1CC2. The van der Waals surface area contributed by atoms with Gasteiger partial charge in [0, 0.05) is 10.8 Å². The molecule has 0 saturated heterocycles. The molecular weight excluding hydrogens is 319 g/mol. The summed E-state index contributed by atoms with van der Waals surface area (Å²) in [5.74, 6) is 0. The average molecular weight is 329 g/mol. The highest BCUT2D eigenvalue weighted by Crippen LogP contribution is 2.42. The van der Waals surface area contributed by atoms with Gasteiger partial charge in [-0.15, -0.1) is 0 Å². The minimum atomic E-state index is -4.49. The molecular formula is C16H10F3N5. The lowest BCUT2D eigenvalue weighted by Gasteiger charge is -2.24. The molecule has 1 aliphatic carbocycles.